The number of methoxy groups -OCH3 is 1. The van der Waals surface area contributed by atoms with E-state index in [1.165, 1.54) is 7.11 Å². The van der Waals surface area contributed by atoms with E-state index in [1.54, 1.807) is 24.5 Å². The molecule has 79 valence electrons. The Morgan fingerprint density at radius 2 is 1.94 bits per heavy atom. The molecular weight excluding hydrogens is 204 g/mol. The molecule has 0 fully saturated rings. The van der Waals surface area contributed by atoms with Crippen LogP contribution in [-0.2, 0) is 9.53 Å². The van der Waals surface area contributed by atoms with Gasteiger partial charge in [-0.05, 0) is 16.8 Å². The maximum atomic E-state index is 11.4. The summed E-state index contributed by atoms with van der Waals surface area (Å²) in [6, 6.07) is 10.7. The van der Waals surface area contributed by atoms with Gasteiger partial charge in [0, 0.05) is 5.56 Å². The summed E-state index contributed by atoms with van der Waals surface area (Å²) in [6.45, 7) is 0. The van der Waals surface area contributed by atoms with Crippen LogP contribution in [-0.4, -0.2) is 19.4 Å². The minimum Gasteiger partial charge on any atom is -0.465 e. The van der Waals surface area contributed by atoms with Gasteiger partial charge in [0.25, 0.3) is 0 Å². The van der Waals surface area contributed by atoms with Crippen LogP contribution in [0.3, 0.4) is 0 Å². The fourth-order valence-corrected chi connectivity index (χ4v) is 1.66. The Kier molecular flexibility index (Phi) is 2.68. The van der Waals surface area contributed by atoms with E-state index in [4.69, 9.17) is 0 Å². The zero-order valence-corrected chi connectivity index (χ0v) is 8.69. The summed E-state index contributed by atoms with van der Waals surface area (Å²) in [5, 5.41) is 1.61. The molecule has 3 heteroatoms. The van der Waals surface area contributed by atoms with Gasteiger partial charge in [-0.3, -0.25) is 4.79 Å². The maximum absolute atomic E-state index is 11.4. The number of hydrogen-bond donors (Lipinski definition) is 0. The smallest absolute Gasteiger partial charge is 0.338 e. The lowest BCUT2D eigenvalue weighted by atomic mass is 10.00. The lowest BCUT2D eigenvalue weighted by molar-refractivity contribution is 0.0600. The average Bonchev–Trinajstić information content (AvgIpc) is 2.36. The van der Waals surface area contributed by atoms with Crippen LogP contribution in [0.25, 0.3) is 10.8 Å². The predicted octanol–water partition coefficient (Wildman–Crippen LogP) is 2.08. The standard InChI is InChI=1S/C13H9O3/c1-16-13(15)11-7-6-9-4-2-3-5-10(9)12(11)8-14/h2-7H,1H3. The maximum Gasteiger partial charge on any atom is 0.338 e. The van der Waals surface area contributed by atoms with Crippen molar-refractivity contribution in [2.75, 3.05) is 7.11 Å². The summed E-state index contributed by atoms with van der Waals surface area (Å²) < 4.78 is 4.61. The van der Waals surface area contributed by atoms with Crippen LogP contribution in [0, 0.1) is 0 Å². The van der Waals surface area contributed by atoms with Crippen molar-refractivity contribution >= 4 is 23.0 Å². The first-order valence-corrected chi connectivity index (χ1v) is 4.76. The summed E-state index contributed by atoms with van der Waals surface area (Å²) in [5.41, 5.74) is 0.501. The molecule has 0 saturated carbocycles. The van der Waals surface area contributed by atoms with Crippen molar-refractivity contribution in [1.82, 2.24) is 0 Å². The van der Waals surface area contributed by atoms with Crippen molar-refractivity contribution in [2.45, 2.75) is 0 Å². The zero-order valence-electron chi connectivity index (χ0n) is 8.69. The topological polar surface area (TPSA) is 43.4 Å². The molecule has 0 saturated heterocycles. The van der Waals surface area contributed by atoms with E-state index in [0.29, 0.717) is 5.39 Å². The van der Waals surface area contributed by atoms with Crippen LogP contribution in [0.2, 0.25) is 0 Å². The van der Waals surface area contributed by atoms with Gasteiger partial charge in [-0.25, -0.2) is 4.79 Å². The van der Waals surface area contributed by atoms with Gasteiger partial charge in [0.2, 0.25) is 6.29 Å². The first-order chi connectivity index (χ1) is 7.77. The monoisotopic (exact) mass is 213 g/mol. The number of carbonyl (C=O) groups is 1. The molecule has 1 radical (unpaired) electrons. The van der Waals surface area contributed by atoms with E-state index in [1.807, 2.05) is 18.2 Å². The van der Waals surface area contributed by atoms with Crippen molar-refractivity contribution in [1.29, 1.82) is 0 Å². The van der Waals surface area contributed by atoms with Gasteiger partial charge in [-0.1, -0.05) is 30.3 Å². The third-order valence-electron chi connectivity index (χ3n) is 2.44. The molecule has 0 unspecified atom stereocenters. The largest absolute Gasteiger partial charge is 0.465 e. The van der Waals surface area contributed by atoms with Gasteiger partial charge in [0.05, 0.1) is 12.7 Å². The number of benzene rings is 2. The van der Waals surface area contributed by atoms with Gasteiger partial charge < -0.3 is 4.74 Å². The van der Waals surface area contributed by atoms with Crippen molar-refractivity contribution in [3.8, 4) is 0 Å². The molecule has 0 aliphatic carbocycles. The number of hydrogen-bond acceptors (Lipinski definition) is 3. The van der Waals surface area contributed by atoms with E-state index in [9.17, 15) is 9.59 Å². The minimum absolute atomic E-state index is 0.246. The van der Waals surface area contributed by atoms with Gasteiger partial charge in [0.1, 0.15) is 0 Å². The Bertz CT molecular complexity index is 558. The molecule has 0 aromatic heterocycles. The van der Waals surface area contributed by atoms with E-state index in [2.05, 4.69) is 4.74 Å². The van der Waals surface area contributed by atoms with E-state index >= 15 is 0 Å². The van der Waals surface area contributed by atoms with Crippen LogP contribution in [0.15, 0.2) is 36.4 Å². The Morgan fingerprint density at radius 3 is 2.62 bits per heavy atom. The van der Waals surface area contributed by atoms with Crippen molar-refractivity contribution in [3.63, 3.8) is 0 Å². The highest BCUT2D eigenvalue weighted by atomic mass is 16.5. The molecule has 0 bridgehead atoms. The second kappa shape index (κ2) is 4.14. The van der Waals surface area contributed by atoms with Crippen molar-refractivity contribution in [3.05, 3.63) is 47.5 Å². The SMILES string of the molecule is COC(=O)c1ccc2ccccc2c1[C]=O. The summed E-state index contributed by atoms with van der Waals surface area (Å²) in [7, 11) is 1.28. The molecule has 0 spiro atoms. The Labute approximate surface area is 92.6 Å². The molecule has 0 heterocycles. The van der Waals surface area contributed by atoms with Crippen LogP contribution in [0.5, 0.6) is 0 Å². The number of rotatable bonds is 2. The van der Waals surface area contributed by atoms with E-state index < -0.39 is 5.97 Å². The van der Waals surface area contributed by atoms with Crippen LogP contribution in [0.4, 0.5) is 0 Å². The van der Waals surface area contributed by atoms with E-state index in [0.717, 1.165) is 5.39 Å². The number of fused-ring (bicyclic) bond motifs is 1. The Hall–Kier alpha value is -2.16. The zero-order chi connectivity index (χ0) is 11.5. The quantitative estimate of drug-likeness (QED) is 0.717. The lowest BCUT2D eigenvalue weighted by Gasteiger charge is -2.05. The first-order valence-electron chi connectivity index (χ1n) is 4.76. The molecule has 2 aromatic carbocycles. The van der Waals surface area contributed by atoms with Crippen LogP contribution < -0.4 is 0 Å². The second-order valence-corrected chi connectivity index (χ2v) is 3.30. The molecule has 0 amide bonds. The summed E-state index contributed by atoms with van der Waals surface area (Å²) >= 11 is 0. The first kappa shape index (κ1) is 10.4. The fraction of sp³-hybridized carbons (Fsp3) is 0.0769. The molecule has 2 rings (SSSR count). The van der Waals surface area contributed by atoms with Gasteiger partial charge >= 0.3 is 5.97 Å². The van der Waals surface area contributed by atoms with Gasteiger partial charge in [-0.2, -0.15) is 0 Å². The molecule has 16 heavy (non-hydrogen) atoms. The molecule has 0 aliphatic heterocycles. The number of ether oxygens (including phenoxy) is 1. The van der Waals surface area contributed by atoms with Gasteiger partial charge in [-0.15, -0.1) is 0 Å². The van der Waals surface area contributed by atoms with Gasteiger partial charge in [0.15, 0.2) is 0 Å². The molecule has 0 atom stereocenters. The molecule has 0 aliphatic rings. The Balaban J connectivity index is 2.77. The second-order valence-electron chi connectivity index (χ2n) is 3.30. The van der Waals surface area contributed by atoms with Crippen LogP contribution >= 0.6 is 0 Å². The van der Waals surface area contributed by atoms with Crippen LogP contribution in [0.1, 0.15) is 15.9 Å². The number of carbonyl (C=O) groups excluding carboxylic acids is 2. The summed E-state index contributed by atoms with van der Waals surface area (Å²) in [5.74, 6) is -0.524. The minimum atomic E-state index is -0.524. The average molecular weight is 213 g/mol. The van der Waals surface area contributed by atoms with Crippen molar-refractivity contribution < 1.29 is 14.3 Å². The van der Waals surface area contributed by atoms with E-state index in [-0.39, 0.29) is 11.1 Å². The normalized spacial score (nSPS) is 10.1. The molecule has 3 nitrogen and oxygen atoms in total. The third kappa shape index (κ3) is 1.56. The molecular formula is C13H9O3. The highest BCUT2D eigenvalue weighted by Gasteiger charge is 2.14. The number of esters is 1. The predicted molar refractivity (Wildman–Crippen MR) is 60.1 cm³/mol. The highest BCUT2D eigenvalue weighted by molar-refractivity contribution is 6.08. The third-order valence-corrected chi connectivity index (χ3v) is 2.44. The Morgan fingerprint density at radius 1 is 1.19 bits per heavy atom. The molecule has 2 aromatic rings. The molecule has 0 N–H and O–H groups in total. The fourth-order valence-electron chi connectivity index (χ4n) is 1.66. The summed E-state index contributed by atoms with van der Waals surface area (Å²) in [4.78, 5) is 22.4. The highest BCUT2D eigenvalue weighted by Crippen LogP contribution is 2.21. The summed E-state index contributed by atoms with van der Waals surface area (Å²) in [6.07, 6.45) is 1.80. The lowest BCUT2D eigenvalue weighted by Crippen LogP contribution is -2.05. The van der Waals surface area contributed by atoms with Crippen molar-refractivity contribution in [2.24, 2.45) is 0 Å².